The number of nitrogens with zero attached hydrogens (tertiary/aromatic N) is 3. The van der Waals surface area contributed by atoms with E-state index in [9.17, 15) is 13.2 Å². The SMILES string of the molecule is FC(F)(F)CN1CCC(CNc2ncncc2Cl)C1. The van der Waals surface area contributed by atoms with Crippen molar-refractivity contribution in [2.75, 3.05) is 31.5 Å². The normalized spacial score (nSPS) is 20.7. The van der Waals surface area contributed by atoms with Crippen LogP contribution in [0.1, 0.15) is 6.42 Å². The highest BCUT2D eigenvalue weighted by atomic mass is 35.5. The highest BCUT2D eigenvalue weighted by Gasteiger charge is 2.34. The van der Waals surface area contributed by atoms with Gasteiger partial charge in [0, 0.05) is 13.1 Å². The quantitative estimate of drug-likeness (QED) is 0.926. The van der Waals surface area contributed by atoms with Gasteiger partial charge in [-0.3, -0.25) is 4.90 Å². The number of likely N-dealkylation sites (tertiary alicyclic amines) is 1. The van der Waals surface area contributed by atoms with Gasteiger partial charge in [-0.2, -0.15) is 13.2 Å². The highest BCUT2D eigenvalue weighted by molar-refractivity contribution is 6.32. The van der Waals surface area contributed by atoms with Crippen LogP contribution in [0.4, 0.5) is 19.0 Å². The highest BCUT2D eigenvalue weighted by Crippen LogP contribution is 2.23. The van der Waals surface area contributed by atoms with E-state index < -0.39 is 12.7 Å². The van der Waals surface area contributed by atoms with E-state index in [2.05, 4.69) is 15.3 Å². The summed E-state index contributed by atoms with van der Waals surface area (Å²) in [6.07, 6.45) is -0.537. The van der Waals surface area contributed by atoms with E-state index in [1.54, 1.807) is 0 Å². The zero-order valence-corrected chi connectivity index (χ0v) is 10.9. The third-order valence-corrected chi connectivity index (χ3v) is 3.28. The lowest BCUT2D eigenvalue weighted by Gasteiger charge is -2.18. The Kier molecular flexibility index (Phi) is 4.46. The number of aromatic nitrogens is 2. The lowest BCUT2D eigenvalue weighted by Crippen LogP contribution is -2.33. The molecule has 1 fully saturated rings. The van der Waals surface area contributed by atoms with E-state index in [0.29, 0.717) is 30.5 Å². The first-order chi connectivity index (χ1) is 8.94. The molecule has 0 spiro atoms. The molecule has 1 aliphatic heterocycles. The predicted octanol–water partition coefficient (Wildman–Crippen LogP) is 2.43. The number of halogens is 4. The van der Waals surface area contributed by atoms with Crippen molar-refractivity contribution in [3.05, 3.63) is 17.5 Å². The summed E-state index contributed by atoms with van der Waals surface area (Å²) in [6, 6.07) is 0. The fourth-order valence-electron chi connectivity index (χ4n) is 2.16. The number of anilines is 1. The van der Waals surface area contributed by atoms with Crippen LogP contribution in [0.2, 0.25) is 5.02 Å². The van der Waals surface area contributed by atoms with E-state index in [1.807, 2.05) is 0 Å². The molecule has 2 rings (SSSR count). The minimum absolute atomic E-state index is 0.174. The Bertz CT molecular complexity index is 427. The fraction of sp³-hybridized carbons (Fsp3) is 0.636. The van der Waals surface area contributed by atoms with Crippen LogP contribution in [0.3, 0.4) is 0 Å². The van der Waals surface area contributed by atoms with Gasteiger partial charge in [-0.1, -0.05) is 11.6 Å². The molecule has 1 aromatic rings. The van der Waals surface area contributed by atoms with Crippen molar-refractivity contribution in [3.8, 4) is 0 Å². The van der Waals surface area contributed by atoms with E-state index in [0.717, 1.165) is 6.42 Å². The molecule has 1 N–H and O–H groups in total. The van der Waals surface area contributed by atoms with Crippen molar-refractivity contribution in [2.45, 2.75) is 12.6 Å². The molecular formula is C11H14ClF3N4. The average molecular weight is 295 g/mol. The van der Waals surface area contributed by atoms with Gasteiger partial charge in [0.15, 0.2) is 0 Å². The van der Waals surface area contributed by atoms with Gasteiger partial charge >= 0.3 is 6.18 Å². The zero-order chi connectivity index (χ0) is 13.9. The Morgan fingerprint density at radius 2 is 2.26 bits per heavy atom. The van der Waals surface area contributed by atoms with Gasteiger partial charge in [0.2, 0.25) is 0 Å². The maximum Gasteiger partial charge on any atom is 0.401 e. The van der Waals surface area contributed by atoms with Crippen LogP contribution in [0.15, 0.2) is 12.5 Å². The van der Waals surface area contributed by atoms with Crippen LogP contribution in [-0.2, 0) is 0 Å². The summed E-state index contributed by atoms with van der Waals surface area (Å²) in [6.45, 7) is 0.640. The van der Waals surface area contributed by atoms with Gasteiger partial charge in [-0.15, -0.1) is 0 Å². The fourth-order valence-corrected chi connectivity index (χ4v) is 2.33. The lowest BCUT2D eigenvalue weighted by molar-refractivity contribution is -0.143. The minimum atomic E-state index is -4.13. The molecule has 0 bridgehead atoms. The predicted molar refractivity (Wildman–Crippen MR) is 66.1 cm³/mol. The summed E-state index contributed by atoms with van der Waals surface area (Å²) in [5.74, 6) is 0.694. The zero-order valence-electron chi connectivity index (χ0n) is 10.1. The van der Waals surface area contributed by atoms with Gasteiger partial charge in [0.05, 0.1) is 12.7 Å². The summed E-state index contributed by atoms with van der Waals surface area (Å²) >= 11 is 5.88. The first-order valence-electron chi connectivity index (χ1n) is 5.92. The smallest absolute Gasteiger partial charge is 0.368 e. The van der Waals surface area contributed by atoms with Crippen molar-refractivity contribution >= 4 is 17.4 Å². The first kappa shape index (κ1) is 14.3. The molecule has 19 heavy (non-hydrogen) atoms. The Morgan fingerprint density at radius 3 is 2.95 bits per heavy atom. The van der Waals surface area contributed by atoms with Crippen molar-refractivity contribution in [3.63, 3.8) is 0 Å². The maximum absolute atomic E-state index is 12.2. The van der Waals surface area contributed by atoms with E-state index >= 15 is 0 Å². The van der Waals surface area contributed by atoms with Crippen LogP contribution < -0.4 is 5.32 Å². The van der Waals surface area contributed by atoms with Crippen molar-refractivity contribution in [2.24, 2.45) is 5.92 Å². The molecule has 0 aromatic carbocycles. The van der Waals surface area contributed by atoms with E-state index in [-0.39, 0.29) is 5.92 Å². The minimum Gasteiger partial charge on any atom is -0.368 e. The largest absolute Gasteiger partial charge is 0.401 e. The van der Waals surface area contributed by atoms with Crippen LogP contribution in [0, 0.1) is 5.92 Å². The second-order valence-electron chi connectivity index (χ2n) is 4.61. The number of alkyl halides is 3. The second kappa shape index (κ2) is 5.92. The van der Waals surface area contributed by atoms with Gasteiger partial charge < -0.3 is 5.32 Å². The van der Waals surface area contributed by atoms with E-state index in [4.69, 9.17) is 11.6 Å². The molecule has 0 amide bonds. The summed E-state index contributed by atoms with van der Waals surface area (Å²) in [5, 5.41) is 3.46. The standard InChI is InChI=1S/C11H14ClF3N4/c12-9-4-16-7-18-10(9)17-3-8-1-2-19(5-8)6-11(13,14)15/h4,7-8H,1-3,5-6H2,(H,16,17,18). The van der Waals surface area contributed by atoms with Crippen LogP contribution in [0.25, 0.3) is 0 Å². The summed E-state index contributed by atoms with van der Waals surface area (Å²) < 4.78 is 36.7. The third-order valence-electron chi connectivity index (χ3n) is 3.00. The molecule has 1 saturated heterocycles. The molecule has 106 valence electrons. The van der Waals surface area contributed by atoms with Gasteiger partial charge in [-0.05, 0) is 18.9 Å². The molecule has 1 unspecified atom stereocenters. The molecule has 4 nitrogen and oxygen atoms in total. The van der Waals surface area contributed by atoms with Crippen molar-refractivity contribution in [1.82, 2.24) is 14.9 Å². The average Bonchev–Trinajstić information content (AvgIpc) is 2.73. The lowest BCUT2D eigenvalue weighted by atomic mass is 10.1. The second-order valence-corrected chi connectivity index (χ2v) is 5.01. The van der Waals surface area contributed by atoms with Crippen LogP contribution in [-0.4, -0.2) is 47.2 Å². The molecule has 2 heterocycles. The van der Waals surface area contributed by atoms with Crippen LogP contribution >= 0.6 is 11.6 Å². The van der Waals surface area contributed by atoms with E-state index in [1.165, 1.54) is 17.4 Å². The van der Waals surface area contributed by atoms with Crippen molar-refractivity contribution < 1.29 is 13.2 Å². The monoisotopic (exact) mass is 294 g/mol. The van der Waals surface area contributed by atoms with Gasteiger partial charge in [-0.25, -0.2) is 9.97 Å². The van der Waals surface area contributed by atoms with Crippen molar-refractivity contribution in [1.29, 1.82) is 0 Å². The molecule has 1 atom stereocenters. The molecule has 0 saturated carbocycles. The summed E-state index contributed by atoms with van der Waals surface area (Å²) in [7, 11) is 0. The number of hydrogen-bond donors (Lipinski definition) is 1. The maximum atomic E-state index is 12.2. The molecular weight excluding hydrogens is 281 g/mol. The summed E-state index contributed by atoms with van der Waals surface area (Å²) in [5.41, 5.74) is 0. The molecule has 1 aliphatic rings. The Morgan fingerprint density at radius 1 is 1.47 bits per heavy atom. The molecule has 0 radical (unpaired) electrons. The molecule has 0 aliphatic carbocycles. The van der Waals surface area contributed by atoms with Gasteiger partial charge in [0.1, 0.15) is 17.2 Å². The number of rotatable bonds is 4. The van der Waals surface area contributed by atoms with Gasteiger partial charge in [0.25, 0.3) is 0 Å². The first-order valence-corrected chi connectivity index (χ1v) is 6.30. The molecule has 8 heteroatoms. The number of nitrogens with one attached hydrogen (secondary N) is 1. The third kappa shape index (κ3) is 4.50. The van der Waals surface area contributed by atoms with Crippen LogP contribution in [0.5, 0.6) is 0 Å². The summed E-state index contributed by atoms with van der Waals surface area (Å²) in [4.78, 5) is 9.16. The Labute approximate surface area is 114 Å². The molecule has 1 aromatic heterocycles. The topological polar surface area (TPSA) is 41.0 Å². The Balaban J connectivity index is 1.78. The Hall–Kier alpha value is -1.08. The number of hydrogen-bond acceptors (Lipinski definition) is 4.